The molecule has 1 heterocycles. The molecule has 1 amide bonds. The van der Waals surface area contributed by atoms with Crippen LogP contribution in [0.3, 0.4) is 0 Å². The molecule has 0 fully saturated rings. The largest absolute Gasteiger partial charge is 0.492 e. The Morgan fingerprint density at radius 2 is 1.90 bits per heavy atom. The summed E-state index contributed by atoms with van der Waals surface area (Å²) < 4.78 is 12.4. The van der Waals surface area contributed by atoms with Gasteiger partial charge in [-0.15, -0.1) is 0 Å². The first-order chi connectivity index (χ1) is 14.6. The highest BCUT2D eigenvalue weighted by atomic mass is 16.5. The monoisotopic (exact) mass is 405 g/mol. The Morgan fingerprint density at radius 1 is 1.10 bits per heavy atom. The minimum atomic E-state index is -0.585. The molecule has 0 saturated carbocycles. The van der Waals surface area contributed by atoms with Gasteiger partial charge in [0.1, 0.15) is 5.56 Å². The van der Waals surface area contributed by atoms with E-state index < -0.39 is 5.91 Å². The highest BCUT2D eigenvalue weighted by Gasteiger charge is 2.12. The molecule has 0 atom stereocenters. The summed E-state index contributed by atoms with van der Waals surface area (Å²) in [5.74, 6) is 0.517. The summed E-state index contributed by atoms with van der Waals surface area (Å²) in [6.45, 7) is 2.76. The number of ether oxygens (including phenoxy) is 2. The molecule has 0 aliphatic heterocycles. The lowest BCUT2D eigenvalue weighted by molar-refractivity contribution is 0.0953. The van der Waals surface area contributed by atoms with E-state index >= 15 is 0 Å². The standard InChI is InChI=1S/C23H23N3O4/c1-3-30-20-13-7-11-18(21(20)29-2)15-24-25-22(27)19-12-8-14-26(23(19)28)16-17-9-5-4-6-10-17/h4-15H,3,16H2,1-2H3,(H,25,27)/b24-15-. The average molecular weight is 405 g/mol. The molecule has 1 aromatic heterocycles. The van der Waals surface area contributed by atoms with Crippen molar-refractivity contribution >= 4 is 12.1 Å². The number of benzene rings is 2. The summed E-state index contributed by atoms with van der Waals surface area (Å²) in [5, 5.41) is 3.97. The highest BCUT2D eigenvalue weighted by molar-refractivity contribution is 5.94. The van der Waals surface area contributed by atoms with Gasteiger partial charge in [0.15, 0.2) is 11.5 Å². The Morgan fingerprint density at radius 3 is 2.63 bits per heavy atom. The Balaban J connectivity index is 1.75. The number of pyridine rings is 1. The molecule has 0 bridgehead atoms. The van der Waals surface area contributed by atoms with Gasteiger partial charge in [0.05, 0.1) is 26.5 Å². The Bertz CT molecular complexity index is 1090. The van der Waals surface area contributed by atoms with Crippen LogP contribution >= 0.6 is 0 Å². The average Bonchev–Trinajstić information content (AvgIpc) is 2.76. The van der Waals surface area contributed by atoms with Crippen LogP contribution in [-0.4, -0.2) is 30.4 Å². The van der Waals surface area contributed by atoms with Gasteiger partial charge in [0.25, 0.3) is 11.5 Å². The first kappa shape index (κ1) is 20.9. The molecule has 7 heteroatoms. The fourth-order valence-corrected chi connectivity index (χ4v) is 2.96. The molecule has 7 nitrogen and oxygen atoms in total. The molecule has 3 aromatic rings. The van der Waals surface area contributed by atoms with E-state index in [0.29, 0.717) is 30.2 Å². The lowest BCUT2D eigenvalue weighted by Crippen LogP contribution is -2.30. The van der Waals surface area contributed by atoms with Gasteiger partial charge in [-0.1, -0.05) is 36.4 Å². The second kappa shape index (κ2) is 10.1. The predicted octanol–water partition coefficient (Wildman–Crippen LogP) is 3.07. The Hall–Kier alpha value is -3.87. The summed E-state index contributed by atoms with van der Waals surface area (Å²) in [4.78, 5) is 25.2. The maximum Gasteiger partial charge on any atom is 0.276 e. The van der Waals surface area contributed by atoms with E-state index in [1.165, 1.54) is 24.0 Å². The van der Waals surface area contributed by atoms with Gasteiger partial charge in [-0.2, -0.15) is 5.10 Å². The number of nitrogens with one attached hydrogen (secondary N) is 1. The zero-order valence-corrected chi connectivity index (χ0v) is 16.9. The van der Waals surface area contributed by atoms with Crippen LogP contribution in [0.15, 0.2) is 76.8 Å². The van der Waals surface area contributed by atoms with Crippen molar-refractivity contribution in [3.63, 3.8) is 0 Å². The summed E-state index contributed by atoms with van der Waals surface area (Å²) in [6, 6.07) is 18.1. The van der Waals surface area contributed by atoms with E-state index in [1.807, 2.05) is 37.3 Å². The third kappa shape index (κ3) is 4.94. The maximum absolute atomic E-state index is 12.7. The van der Waals surface area contributed by atoms with Gasteiger partial charge >= 0.3 is 0 Å². The van der Waals surface area contributed by atoms with Crippen molar-refractivity contribution in [3.8, 4) is 11.5 Å². The first-order valence-corrected chi connectivity index (χ1v) is 9.50. The van der Waals surface area contributed by atoms with Gasteiger partial charge in [-0.3, -0.25) is 9.59 Å². The second-order valence-corrected chi connectivity index (χ2v) is 6.35. The number of nitrogens with zero attached hydrogens (tertiary/aromatic N) is 2. The summed E-state index contributed by atoms with van der Waals surface area (Å²) in [6.07, 6.45) is 3.10. The predicted molar refractivity (Wildman–Crippen MR) is 115 cm³/mol. The van der Waals surface area contributed by atoms with Crippen molar-refractivity contribution in [3.05, 3.63) is 93.9 Å². The quantitative estimate of drug-likeness (QED) is 0.461. The SMILES string of the molecule is CCOc1cccc(/C=N\NC(=O)c2cccn(Cc3ccccc3)c2=O)c1OC. The number of rotatable bonds is 8. The maximum atomic E-state index is 12.7. The number of carbonyl (C=O) groups is 1. The van der Waals surface area contributed by atoms with Crippen LogP contribution in [0.25, 0.3) is 0 Å². The smallest absolute Gasteiger partial charge is 0.276 e. The molecule has 2 aromatic carbocycles. The number of amides is 1. The third-order valence-electron chi connectivity index (χ3n) is 4.34. The van der Waals surface area contributed by atoms with Crippen LogP contribution < -0.4 is 20.5 Å². The normalized spacial score (nSPS) is 10.7. The molecule has 1 N–H and O–H groups in total. The van der Waals surface area contributed by atoms with Crippen LogP contribution in [0.1, 0.15) is 28.4 Å². The fraction of sp³-hybridized carbons (Fsp3) is 0.174. The van der Waals surface area contributed by atoms with Crippen LogP contribution in [-0.2, 0) is 6.54 Å². The van der Waals surface area contributed by atoms with Crippen LogP contribution in [0, 0.1) is 0 Å². The van der Waals surface area contributed by atoms with E-state index in [2.05, 4.69) is 10.5 Å². The molecule has 0 aliphatic rings. The topological polar surface area (TPSA) is 81.9 Å². The molecule has 30 heavy (non-hydrogen) atoms. The van der Waals surface area contributed by atoms with Crippen molar-refractivity contribution in [1.82, 2.24) is 9.99 Å². The molecule has 0 aliphatic carbocycles. The Kier molecular flexibility index (Phi) is 7.00. The number of aromatic nitrogens is 1. The highest BCUT2D eigenvalue weighted by Crippen LogP contribution is 2.29. The first-order valence-electron chi connectivity index (χ1n) is 9.50. The zero-order valence-electron chi connectivity index (χ0n) is 16.9. The van der Waals surface area contributed by atoms with E-state index in [-0.39, 0.29) is 11.1 Å². The number of hydrogen-bond donors (Lipinski definition) is 1. The fourth-order valence-electron chi connectivity index (χ4n) is 2.96. The van der Waals surface area contributed by atoms with Crippen LogP contribution in [0.4, 0.5) is 0 Å². The lowest BCUT2D eigenvalue weighted by atomic mass is 10.2. The van der Waals surface area contributed by atoms with Crippen molar-refractivity contribution in [1.29, 1.82) is 0 Å². The minimum absolute atomic E-state index is 0.0145. The second-order valence-electron chi connectivity index (χ2n) is 6.35. The van der Waals surface area contributed by atoms with E-state index in [0.717, 1.165) is 5.56 Å². The summed E-state index contributed by atoms with van der Waals surface area (Å²) in [7, 11) is 1.53. The minimum Gasteiger partial charge on any atom is -0.492 e. The van der Waals surface area contributed by atoms with Crippen molar-refractivity contribution in [2.24, 2.45) is 5.10 Å². The van der Waals surface area contributed by atoms with Crippen molar-refractivity contribution < 1.29 is 14.3 Å². The van der Waals surface area contributed by atoms with Crippen molar-refractivity contribution in [2.45, 2.75) is 13.5 Å². The molecular formula is C23H23N3O4. The molecule has 0 spiro atoms. The molecular weight excluding hydrogens is 382 g/mol. The van der Waals surface area contributed by atoms with Gasteiger partial charge < -0.3 is 14.0 Å². The third-order valence-corrected chi connectivity index (χ3v) is 4.34. The zero-order chi connectivity index (χ0) is 21.3. The van der Waals surface area contributed by atoms with Gasteiger partial charge in [-0.25, -0.2) is 5.43 Å². The summed E-state index contributed by atoms with van der Waals surface area (Å²) in [5.41, 5.74) is 3.64. The summed E-state index contributed by atoms with van der Waals surface area (Å²) >= 11 is 0. The van der Waals surface area contributed by atoms with Gasteiger partial charge in [0.2, 0.25) is 0 Å². The van der Waals surface area contributed by atoms with Gasteiger partial charge in [-0.05, 0) is 36.8 Å². The van der Waals surface area contributed by atoms with Crippen LogP contribution in [0.2, 0.25) is 0 Å². The van der Waals surface area contributed by atoms with Crippen molar-refractivity contribution in [2.75, 3.05) is 13.7 Å². The number of para-hydroxylation sites is 1. The Labute approximate surface area is 174 Å². The number of carbonyl (C=O) groups excluding carboxylic acids is 1. The molecule has 0 radical (unpaired) electrons. The number of hydrazone groups is 1. The molecule has 3 rings (SSSR count). The number of methoxy groups -OCH3 is 1. The van der Waals surface area contributed by atoms with E-state index in [4.69, 9.17) is 9.47 Å². The number of hydrogen-bond acceptors (Lipinski definition) is 5. The lowest BCUT2D eigenvalue weighted by Gasteiger charge is -2.11. The van der Waals surface area contributed by atoms with E-state index in [1.54, 1.807) is 30.5 Å². The molecule has 0 saturated heterocycles. The molecule has 0 unspecified atom stereocenters. The molecule has 154 valence electrons. The van der Waals surface area contributed by atoms with E-state index in [9.17, 15) is 9.59 Å². The van der Waals surface area contributed by atoms with Crippen LogP contribution in [0.5, 0.6) is 11.5 Å². The van der Waals surface area contributed by atoms with Gasteiger partial charge in [0, 0.05) is 11.8 Å².